The molecule has 1 atom stereocenters. The van der Waals surface area contributed by atoms with Gasteiger partial charge in [0, 0.05) is 0 Å². The molecule has 0 saturated heterocycles. The molecule has 0 bridgehead atoms. The Kier molecular flexibility index (Phi) is 5.06. The zero-order valence-corrected chi connectivity index (χ0v) is 16.3. The van der Waals surface area contributed by atoms with Crippen molar-refractivity contribution in [2.24, 2.45) is 0 Å². The number of carbonyl (C=O) groups excluding carboxylic acids is 2. The van der Waals surface area contributed by atoms with Crippen LogP contribution in [0.1, 0.15) is 46.4 Å². The Morgan fingerprint density at radius 1 is 1.11 bits per heavy atom. The first-order valence-electron chi connectivity index (χ1n) is 8.78. The monoisotopic (exact) mass is 386 g/mol. The van der Waals surface area contributed by atoms with Crippen LogP contribution in [0.2, 0.25) is 0 Å². The number of sulfonamides is 1. The Morgan fingerprint density at radius 2 is 1.81 bits per heavy atom. The van der Waals surface area contributed by atoms with Crippen molar-refractivity contribution in [2.45, 2.75) is 38.1 Å². The molecule has 2 aromatic rings. The normalized spacial score (nSPS) is 16.1. The SMILES string of the molecule is CCC(NC(=O)CN1C(=O)c2ccccc2S1(=O)=O)c1ccc(C)c(C)c1. The van der Waals surface area contributed by atoms with Crippen molar-refractivity contribution in [2.75, 3.05) is 6.54 Å². The number of benzene rings is 2. The third-order valence-electron chi connectivity index (χ3n) is 4.88. The number of nitrogens with zero attached hydrogens (tertiary/aromatic N) is 1. The highest BCUT2D eigenvalue weighted by atomic mass is 32.2. The minimum Gasteiger partial charge on any atom is -0.348 e. The van der Waals surface area contributed by atoms with Gasteiger partial charge in [0.2, 0.25) is 5.91 Å². The molecule has 1 aliphatic heterocycles. The predicted octanol–water partition coefficient (Wildman–Crippen LogP) is 2.72. The second-order valence-corrected chi connectivity index (χ2v) is 8.52. The number of hydrogen-bond acceptors (Lipinski definition) is 4. The molecular formula is C20H22N2O4S. The third-order valence-corrected chi connectivity index (χ3v) is 6.66. The quantitative estimate of drug-likeness (QED) is 0.856. The molecule has 0 aliphatic carbocycles. The van der Waals surface area contributed by atoms with Gasteiger partial charge in [-0.15, -0.1) is 0 Å². The van der Waals surface area contributed by atoms with Crippen molar-refractivity contribution in [3.63, 3.8) is 0 Å². The summed E-state index contributed by atoms with van der Waals surface area (Å²) in [6.07, 6.45) is 0.648. The van der Waals surface area contributed by atoms with Crippen LogP contribution in [0, 0.1) is 13.8 Å². The smallest absolute Gasteiger partial charge is 0.269 e. The standard InChI is InChI=1S/C20H22N2O4S/c1-4-17(15-10-9-13(2)14(3)11-15)21-19(23)12-22-20(24)16-7-5-6-8-18(16)27(22,25)26/h5-11,17H,4,12H2,1-3H3,(H,21,23). The molecular weight excluding hydrogens is 364 g/mol. The fraction of sp³-hybridized carbons (Fsp3) is 0.300. The first kappa shape index (κ1) is 19.1. The Balaban J connectivity index is 1.77. The third kappa shape index (κ3) is 3.47. The summed E-state index contributed by atoms with van der Waals surface area (Å²) in [6.45, 7) is 5.42. The molecule has 0 spiro atoms. The first-order valence-corrected chi connectivity index (χ1v) is 10.2. The van der Waals surface area contributed by atoms with Gasteiger partial charge in [0.25, 0.3) is 15.9 Å². The summed E-state index contributed by atoms with van der Waals surface area (Å²) in [6, 6.07) is 11.7. The molecule has 0 radical (unpaired) electrons. The predicted molar refractivity (Wildman–Crippen MR) is 102 cm³/mol. The van der Waals surface area contributed by atoms with Crippen LogP contribution in [0.25, 0.3) is 0 Å². The minimum absolute atomic E-state index is 0.0519. The Labute approximate surface area is 159 Å². The lowest BCUT2D eigenvalue weighted by atomic mass is 9.99. The van der Waals surface area contributed by atoms with Crippen LogP contribution >= 0.6 is 0 Å². The first-order chi connectivity index (χ1) is 12.8. The van der Waals surface area contributed by atoms with Crippen molar-refractivity contribution in [1.29, 1.82) is 0 Å². The number of amides is 2. The maximum Gasteiger partial charge on any atom is 0.269 e. The summed E-state index contributed by atoms with van der Waals surface area (Å²) in [5.74, 6) is -1.18. The fourth-order valence-electron chi connectivity index (χ4n) is 3.16. The number of rotatable bonds is 5. The highest BCUT2D eigenvalue weighted by molar-refractivity contribution is 7.90. The van der Waals surface area contributed by atoms with Crippen LogP contribution in [-0.2, 0) is 14.8 Å². The van der Waals surface area contributed by atoms with E-state index in [1.165, 1.54) is 12.1 Å². The van der Waals surface area contributed by atoms with Gasteiger partial charge in [0.05, 0.1) is 11.6 Å². The van der Waals surface area contributed by atoms with E-state index in [-0.39, 0.29) is 16.5 Å². The van der Waals surface area contributed by atoms with E-state index in [0.29, 0.717) is 10.7 Å². The van der Waals surface area contributed by atoms with E-state index in [9.17, 15) is 18.0 Å². The molecule has 1 aliphatic rings. The van der Waals surface area contributed by atoms with E-state index in [0.717, 1.165) is 16.7 Å². The van der Waals surface area contributed by atoms with Crippen LogP contribution in [-0.4, -0.2) is 31.1 Å². The number of fused-ring (bicyclic) bond motifs is 1. The van der Waals surface area contributed by atoms with E-state index < -0.39 is 28.4 Å². The second kappa shape index (κ2) is 7.15. The minimum atomic E-state index is -3.99. The summed E-state index contributed by atoms with van der Waals surface area (Å²) in [7, 11) is -3.99. The summed E-state index contributed by atoms with van der Waals surface area (Å²) in [5, 5.41) is 2.84. The van der Waals surface area contributed by atoms with Crippen LogP contribution in [0.15, 0.2) is 47.4 Å². The topological polar surface area (TPSA) is 83.6 Å². The lowest BCUT2D eigenvalue weighted by Gasteiger charge is -2.21. The Morgan fingerprint density at radius 3 is 2.44 bits per heavy atom. The van der Waals surface area contributed by atoms with Gasteiger partial charge in [0.15, 0.2) is 0 Å². The average Bonchev–Trinajstić information content (AvgIpc) is 2.83. The molecule has 0 aromatic heterocycles. The van der Waals surface area contributed by atoms with Crippen LogP contribution in [0.4, 0.5) is 0 Å². The van der Waals surface area contributed by atoms with Gasteiger partial charge in [0.1, 0.15) is 11.4 Å². The van der Waals surface area contributed by atoms with E-state index in [4.69, 9.17) is 0 Å². The lowest BCUT2D eigenvalue weighted by molar-refractivity contribution is -0.121. The van der Waals surface area contributed by atoms with Crippen LogP contribution in [0.5, 0.6) is 0 Å². The zero-order valence-electron chi connectivity index (χ0n) is 15.5. The van der Waals surface area contributed by atoms with Gasteiger partial charge in [-0.25, -0.2) is 12.7 Å². The van der Waals surface area contributed by atoms with Gasteiger partial charge >= 0.3 is 0 Å². The molecule has 6 nitrogen and oxygen atoms in total. The number of hydrogen-bond donors (Lipinski definition) is 1. The molecule has 2 amide bonds. The van der Waals surface area contributed by atoms with Gasteiger partial charge in [-0.2, -0.15) is 0 Å². The molecule has 7 heteroatoms. The molecule has 1 N–H and O–H groups in total. The fourth-order valence-corrected chi connectivity index (χ4v) is 4.69. The molecule has 142 valence electrons. The van der Waals surface area contributed by atoms with Gasteiger partial charge < -0.3 is 5.32 Å². The van der Waals surface area contributed by atoms with Gasteiger partial charge in [-0.1, -0.05) is 37.3 Å². The molecule has 2 aromatic carbocycles. The zero-order chi connectivity index (χ0) is 19.8. The van der Waals surface area contributed by atoms with Crippen LogP contribution in [0.3, 0.4) is 0 Å². The van der Waals surface area contributed by atoms with E-state index in [1.807, 2.05) is 39.0 Å². The Hall–Kier alpha value is -2.67. The molecule has 27 heavy (non-hydrogen) atoms. The number of aryl methyl sites for hydroxylation is 2. The van der Waals surface area contributed by atoms with E-state index >= 15 is 0 Å². The van der Waals surface area contributed by atoms with Gasteiger partial charge in [-0.05, 0) is 49.1 Å². The van der Waals surface area contributed by atoms with Crippen molar-refractivity contribution in [1.82, 2.24) is 9.62 Å². The van der Waals surface area contributed by atoms with Crippen LogP contribution < -0.4 is 5.32 Å². The van der Waals surface area contributed by atoms with Crippen molar-refractivity contribution in [3.8, 4) is 0 Å². The number of carbonyl (C=O) groups is 2. The van der Waals surface area contributed by atoms with Crippen molar-refractivity contribution in [3.05, 3.63) is 64.7 Å². The Bertz CT molecular complexity index is 1010. The van der Waals surface area contributed by atoms with E-state index in [2.05, 4.69) is 5.32 Å². The molecule has 1 heterocycles. The molecule has 1 unspecified atom stereocenters. The van der Waals surface area contributed by atoms with Gasteiger partial charge in [-0.3, -0.25) is 9.59 Å². The highest BCUT2D eigenvalue weighted by Crippen LogP contribution is 2.29. The molecule has 3 rings (SSSR count). The molecule has 0 saturated carbocycles. The van der Waals surface area contributed by atoms with Crippen molar-refractivity contribution >= 4 is 21.8 Å². The highest BCUT2D eigenvalue weighted by Gasteiger charge is 2.41. The summed E-state index contributed by atoms with van der Waals surface area (Å²) in [4.78, 5) is 24.9. The maximum atomic E-state index is 12.6. The summed E-state index contributed by atoms with van der Waals surface area (Å²) >= 11 is 0. The lowest BCUT2D eigenvalue weighted by Crippen LogP contribution is -2.41. The average molecular weight is 386 g/mol. The molecule has 0 fully saturated rings. The maximum absolute atomic E-state index is 12.6. The summed E-state index contributed by atoms with van der Waals surface area (Å²) < 4.78 is 25.8. The van der Waals surface area contributed by atoms with Crippen molar-refractivity contribution < 1.29 is 18.0 Å². The second-order valence-electron chi connectivity index (χ2n) is 6.69. The van der Waals surface area contributed by atoms with E-state index in [1.54, 1.807) is 12.1 Å². The summed E-state index contributed by atoms with van der Waals surface area (Å²) in [5.41, 5.74) is 3.33. The number of nitrogens with one attached hydrogen (secondary N) is 1. The largest absolute Gasteiger partial charge is 0.348 e.